The van der Waals surface area contributed by atoms with Crippen molar-refractivity contribution in [3.63, 3.8) is 0 Å². The summed E-state index contributed by atoms with van der Waals surface area (Å²) in [6.07, 6.45) is 2.42. The number of benzene rings is 1. The predicted molar refractivity (Wildman–Crippen MR) is 63.3 cm³/mol. The highest BCUT2D eigenvalue weighted by molar-refractivity contribution is 5.57. The SMILES string of the molecule is Cc1cc(C#N)ccc1N(CCO)C1CC1. The standard InChI is InChI=1S/C13H16N2O/c1-10-8-11(9-14)2-5-13(10)15(6-7-16)12-3-4-12/h2,5,8,12,16H,3-4,6-7H2,1H3. The monoisotopic (exact) mass is 216 g/mol. The molecule has 0 unspecified atom stereocenters. The van der Waals surface area contributed by atoms with E-state index < -0.39 is 0 Å². The summed E-state index contributed by atoms with van der Waals surface area (Å²) in [5.41, 5.74) is 2.95. The van der Waals surface area contributed by atoms with Gasteiger partial charge in [0.1, 0.15) is 0 Å². The van der Waals surface area contributed by atoms with E-state index in [4.69, 9.17) is 10.4 Å². The van der Waals surface area contributed by atoms with Crippen molar-refractivity contribution in [2.24, 2.45) is 0 Å². The third-order valence-electron chi connectivity index (χ3n) is 2.96. The Labute approximate surface area is 95.9 Å². The number of aliphatic hydroxyl groups excluding tert-OH is 1. The molecule has 3 heteroatoms. The van der Waals surface area contributed by atoms with Crippen LogP contribution in [0.5, 0.6) is 0 Å². The predicted octanol–water partition coefficient (Wildman–Crippen LogP) is 1.83. The van der Waals surface area contributed by atoms with Crippen LogP contribution in [-0.2, 0) is 0 Å². The van der Waals surface area contributed by atoms with Gasteiger partial charge in [-0.05, 0) is 43.5 Å². The van der Waals surface area contributed by atoms with Gasteiger partial charge >= 0.3 is 0 Å². The van der Waals surface area contributed by atoms with Gasteiger partial charge in [-0.25, -0.2) is 0 Å². The zero-order valence-corrected chi connectivity index (χ0v) is 9.48. The minimum atomic E-state index is 0.177. The molecule has 84 valence electrons. The highest BCUT2D eigenvalue weighted by Gasteiger charge is 2.29. The van der Waals surface area contributed by atoms with Gasteiger partial charge in [0, 0.05) is 18.3 Å². The molecule has 1 aliphatic carbocycles. The number of nitrogens with zero attached hydrogens (tertiary/aromatic N) is 2. The van der Waals surface area contributed by atoms with Crippen molar-refractivity contribution < 1.29 is 5.11 Å². The lowest BCUT2D eigenvalue weighted by molar-refractivity contribution is 0.301. The molecule has 1 saturated carbocycles. The minimum Gasteiger partial charge on any atom is -0.395 e. The summed E-state index contributed by atoms with van der Waals surface area (Å²) in [4.78, 5) is 2.25. The van der Waals surface area contributed by atoms with Crippen LogP contribution in [-0.4, -0.2) is 24.3 Å². The number of anilines is 1. The molecule has 1 aromatic carbocycles. The van der Waals surface area contributed by atoms with E-state index in [9.17, 15) is 0 Å². The van der Waals surface area contributed by atoms with Crippen LogP contribution in [0.1, 0.15) is 24.0 Å². The highest BCUT2D eigenvalue weighted by atomic mass is 16.3. The van der Waals surface area contributed by atoms with Crippen LogP contribution in [0.15, 0.2) is 18.2 Å². The van der Waals surface area contributed by atoms with E-state index >= 15 is 0 Å². The molecule has 0 spiro atoms. The molecule has 0 heterocycles. The van der Waals surface area contributed by atoms with Crippen LogP contribution in [0.2, 0.25) is 0 Å². The number of aryl methyl sites for hydroxylation is 1. The molecule has 0 saturated heterocycles. The Balaban J connectivity index is 2.27. The molecule has 0 radical (unpaired) electrons. The average molecular weight is 216 g/mol. The number of hydrogen-bond donors (Lipinski definition) is 1. The van der Waals surface area contributed by atoms with Crippen molar-refractivity contribution >= 4 is 5.69 Å². The van der Waals surface area contributed by atoms with Crippen LogP contribution in [0.4, 0.5) is 5.69 Å². The van der Waals surface area contributed by atoms with Gasteiger partial charge in [0.2, 0.25) is 0 Å². The molecule has 2 rings (SSSR count). The third kappa shape index (κ3) is 2.17. The molecule has 0 atom stereocenters. The van der Waals surface area contributed by atoms with Crippen LogP contribution in [0.3, 0.4) is 0 Å². The topological polar surface area (TPSA) is 47.3 Å². The van der Waals surface area contributed by atoms with E-state index in [0.29, 0.717) is 18.2 Å². The van der Waals surface area contributed by atoms with E-state index in [2.05, 4.69) is 11.0 Å². The Morgan fingerprint density at radius 2 is 2.25 bits per heavy atom. The molecule has 1 fully saturated rings. The molecule has 3 nitrogen and oxygen atoms in total. The Morgan fingerprint density at radius 3 is 2.75 bits per heavy atom. The lowest BCUT2D eigenvalue weighted by Crippen LogP contribution is -2.29. The second kappa shape index (κ2) is 4.54. The highest BCUT2D eigenvalue weighted by Crippen LogP contribution is 2.33. The normalized spacial score (nSPS) is 14.6. The summed E-state index contributed by atoms with van der Waals surface area (Å²) in [6, 6.07) is 8.46. The van der Waals surface area contributed by atoms with Crippen LogP contribution in [0, 0.1) is 18.3 Å². The average Bonchev–Trinajstić information content (AvgIpc) is 3.10. The van der Waals surface area contributed by atoms with E-state index in [1.807, 2.05) is 25.1 Å². The fourth-order valence-electron chi connectivity index (χ4n) is 2.04. The zero-order chi connectivity index (χ0) is 11.5. The van der Waals surface area contributed by atoms with E-state index in [1.165, 1.54) is 12.8 Å². The maximum absolute atomic E-state index is 9.07. The van der Waals surface area contributed by atoms with Gasteiger partial charge in [-0.2, -0.15) is 5.26 Å². The van der Waals surface area contributed by atoms with Crippen molar-refractivity contribution in [3.8, 4) is 6.07 Å². The van der Waals surface area contributed by atoms with Crippen molar-refractivity contribution in [2.75, 3.05) is 18.1 Å². The van der Waals surface area contributed by atoms with Crippen LogP contribution in [0.25, 0.3) is 0 Å². The number of aliphatic hydroxyl groups is 1. The Morgan fingerprint density at radius 1 is 1.50 bits per heavy atom. The fourth-order valence-corrected chi connectivity index (χ4v) is 2.04. The molecule has 1 aromatic rings. The van der Waals surface area contributed by atoms with Gasteiger partial charge in [0.25, 0.3) is 0 Å². The Bertz CT molecular complexity index is 418. The van der Waals surface area contributed by atoms with E-state index in [-0.39, 0.29) is 6.61 Å². The summed E-state index contributed by atoms with van der Waals surface area (Å²) >= 11 is 0. The van der Waals surface area contributed by atoms with E-state index in [1.54, 1.807) is 0 Å². The summed E-state index contributed by atoms with van der Waals surface area (Å²) in [5, 5.41) is 17.9. The number of nitriles is 1. The summed E-state index contributed by atoms with van der Waals surface area (Å²) in [5.74, 6) is 0. The lowest BCUT2D eigenvalue weighted by Gasteiger charge is -2.25. The first-order valence-corrected chi connectivity index (χ1v) is 5.64. The number of hydrogen-bond acceptors (Lipinski definition) is 3. The summed E-state index contributed by atoms with van der Waals surface area (Å²) < 4.78 is 0. The third-order valence-corrected chi connectivity index (χ3v) is 2.96. The second-order valence-corrected chi connectivity index (χ2v) is 4.26. The maximum Gasteiger partial charge on any atom is 0.0991 e. The quantitative estimate of drug-likeness (QED) is 0.835. The number of rotatable bonds is 4. The smallest absolute Gasteiger partial charge is 0.0991 e. The molecule has 0 bridgehead atoms. The summed E-state index contributed by atoms with van der Waals surface area (Å²) in [6.45, 7) is 2.87. The molecule has 0 amide bonds. The van der Waals surface area contributed by atoms with Crippen LogP contribution < -0.4 is 4.90 Å². The molecule has 1 N–H and O–H groups in total. The second-order valence-electron chi connectivity index (χ2n) is 4.26. The van der Waals surface area contributed by atoms with Gasteiger partial charge < -0.3 is 10.0 Å². The van der Waals surface area contributed by atoms with Crippen LogP contribution >= 0.6 is 0 Å². The van der Waals surface area contributed by atoms with Gasteiger partial charge in [-0.3, -0.25) is 0 Å². The Kier molecular flexibility index (Phi) is 3.12. The zero-order valence-electron chi connectivity index (χ0n) is 9.48. The van der Waals surface area contributed by atoms with Crippen molar-refractivity contribution in [1.82, 2.24) is 0 Å². The molecular weight excluding hydrogens is 200 g/mol. The summed E-state index contributed by atoms with van der Waals surface area (Å²) in [7, 11) is 0. The molecular formula is C13H16N2O. The van der Waals surface area contributed by atoms with Crippen molar-refractivity contribution in [1.29, 1.82) is 5.26 Å². The fraction of sp³-hybridized carbons (Fsp3) is 0.462. The molecule has 0 aliphatic heterocycles. The van der Waals surface area contributed by atoms with Gasteiger partial charge in [-0.1, -0.05) is 0 Å². The van der Waals surface area contributed by atoms with E-state index in [0.717, 1.165) is 11.3 Å². The van der Waals surface area contributed by atoms with Gasteiger partial charge in [0.05, 0.1) is 18.2 Å². The largest absolute Gasteiger partial charge is 0.395 e. The first-order valence-electron chi connectivity index (χ1n) is 5.64. The van der Waals surface area contributed by atoms with Gasteiger partial charge in [-0.15, -0.1) is 0 Å². The Hall–Kier alpha value is -1.53. The maximum atomic E-state index is 9.07. The molecule has 1 aliphatic rings. The van der Waals surface area contributed by atoms with Crippen molar-refractivity contribution in [2.45, 2.75) is 25.8 Å². The lowest BCUT2D eigenvalue weighted by atomic mass is 10.1. The van der Waals surface area contributed by atoms with Crippen molar-refractivity contribution in [3.05, 3.63) is 29.3 Å². The minimum absolute atomic E-state index is 0.177. The molecule has 16 heavy (non-hydrogen) atoms. The first-order chi connectivity index (χ1) is 7.76. The molecule has 0 aromatic heterocycles. The van der Waals surface area contributed by atoms with Gasteiger partial charge in [0.15, 0.2) is 0 Å². The first kappa shape index (κ1) is 11.0.